The molecule has 0 atom stereocenters. The molecule has 148 valence electrons. The van der Waals surface area contributed by atoms with Crippen molar-refractivity contribution in [3.05, 3.63) is 35.9 Å². The number of rotatable bonds is 7. The Morgan fingerprint density at radius 1 is 1.04 bits per heavy atom. The molecule has 1 aromatic rings. The fraction of sp³-hybridized carbons (Fsp3) is 0.571. The number of hydrogen-bond acceptors (Lipinski definition) is 4. The first-order valence-electron chi connectivity index (χ1n) is 9.71. The van der Waals surface area contributed by atoms with E-state index >= 15 is 0 Å². The Hall–Kier alpha value is -2.37. The molecule has 6 heteroatoms. The van der Waals surface area contributed by atoms with Crippen molar-refractivity contribution < 1.29 is 19.1 Å². The Bertz CT molecular complexity index is 657. The van der Waals surface area contributed by atoms with E-state index in [-0.39, 0.29) is 6.61 Å². The van der Waals surface area contributed by atoms with E-state index in [9.17, 15) is 14.4 Å². The van der Waals surface area contributed by atoms with Crippen LogP contribution in [0.15, 0.2) is 30.3 Å². The summed E-state index contributed by atoms with van der Waals surface area (Å²) in [4.78, 5) is 37.6. The molecule has 27 heavy (non-hydrogen) atoms. The second-order valence-corrected chi connectivity index (χ2v) is 7.53. The minimum absolute atomic E-state index is 0.278. The van der Waals surface area contributed by atoms with Crippen LogP contribution < -0.4 is 0 Å². The molecule has 1 aliphatic heterocycles. The number of Topliss-reactive ketones (excluding diaryl/α,β-unsaturated/α-hetero) is 1. The molecule has 0 aliphatic carbocycles. The predicted molar refractivity (Wildman–Crippen MR) is 103 cm³/mol. The first-order chi connectivity index (χ1) is 12.9. The highest BCUT2D eigenvalue weighted by molar-refractivity contribution is 6.37. The molecule has 2 amide bonds. The maximum atomic E-state index is 12.7. The smallest absolute Gasteiger partial charge is 0.428 e. The van der Waals surface area contributed by atoms with Crippen molar-refractivity contribution in [2.75, 3.05) is 19.7 Å². The normalized spacial score (nSPS) is 14.8. The molecule has 0 saturated carbocycles. The van der Waals surface area contributed by atoms with Crippen LogP contribution in [0.25, 0.3) is 0 Å². The van der Waals surface area contributed by atoms with Crippen LogP contribution in [0.1, 0.15) is 52.0 Å². The van der Waals surface area contributed by atoms with Gasteiger partial charge in [0.15, 0.2) is 0 Å². The van der Waals surface area contributed by atoms with Crippen LogP contribution in [-0.4, -0.2) is 47.5 Å². The lowest BCUT2D eigenvalue weighted by Gasteiger charge is -2.38. The zero-order chi connectivity index (χ0) is 19.9. The molecule has 1 heterocycles. The molecule has 0 spiro atoms. The zero-order valence-corrected chi connectivity index (χ0v) is 16.6. The number of hydrogen-bond donors (Lipinski definition) is 0. The number of hydrazine groups is 1. The number of ketones is 1. The number of benzene rings is 1. The molecule has 6 nitrogen and oxygen atoms in total. The van der Waals surface area contributed by atoms with Crippen LogP contribution in [0.4, 0.5) is 4.79 Å². The number of carbonyl (C=O) groups is 3. The molecule has 1 fully saturated rings. The van der Waals surface area contributed by atoms with Gasteiger partial charge in [0.2, 0.25) is 5.78 Å². The monoisotopic (exact) mass is 374 g/mol. The number of ether oxygens (including phenoxy) is 1. The van der Waals surface area contributed by atoms with E-state index in [2.05, 4.69) is 0 Å². The summed E-state index contributed by atoms with van der Waals surface area (Å²) >= 11 is 0. The van der Waals surface area contributed by atoms with E-state index in [0.29, 0.717) is 25.9 Å². The van der Waals surface area contributed by atoms with E-state index in [1.165, 1.54) is 15.6 Å². The van der Waals surface area contributed by atoms with Crippen LogP contribution in [0.5, 0.6) is 0 Å². The van der Waals surface area contributed by atoms with Gasteiger partial charge in [-0.3, -0.25) is 9.59 Å². The summed E-state index contributed by atoms with van der Waals surface area (Å²) in [6.45, 7) is 6.42. The molecule has 0 bridgehead atoms. The molecule has 1 aliphatic rings. The third kappa shape index (κ3) is 5.55. The summed E-state index contributed by atoms with van der Waals surface area (Å²) < 4.78 is 5.36. The van der Waals surface area contributed by atoms with Crippen molar-refractivity contribution in [1.82, 2.24) is 10.0 Å². The standard InChI is InChI=1S/C21H30N2O4/c1-4-21(2,3)18(24)19(25)22-14-8-9-15-23(22)20(26)27-16-10-13-17-11-6-5-7-12-17/h5-7,11-12H,4,8-10,13-16H2,1-3H3. The lowest BCUT2D eigenvalue weighted by molar-refractivity contribution is -0.161. The Kier molecular flexibility index (Phi) is 7.39. The fourth-order valence-corrected chi connectivity index (χ4v) is 2.89. The van der Waals surface area contributed by atoms with Gasteiger partial charge >= 0.3 is 12.0 Å². The number of aryl methyl sites for hydroxylation is 1. The van der Waals surface area contributed by atoms with E-state index < -0.39 is 23.2 Å². The van der Waals surface area contributed by atoms with Gasteiger partial charge in [-0.05, 0) is 37.7 Å². The van der Waals surface area contributed by atoms with E-state index in [0.717, 1.165) is 19.3 Å². The molecule has 1 aromatic carbocycles. The lowest BCUT2D eigenvalue weighted by atomic mass is 9.85. The number of nitrogens with zero attached hydrogens (tertiary/aromatic N) is 2. The van der Waals surface area contributed by atoms with Crippen LogP contribution in [0.3, 0.4) is 0 Å². The Morgan fingerprint density at radius 3 is 2.30 bits per heavy atom. The quantitative estimate of drug-likeness (QED) is 0.540. The molecule has 0 aromatic heterocycles. The van der Waals surface area contributed by atoms with Gasteiger partial charge in [-0.15, -0.1) is 0 Å². The van der Waals surface area contributed by atoms with Gasteiger partial charge in [0.25, 0.3) is 0 Å². The summed E-state index contributed by atoms with van der Waals surface area (Å²) in [5.41, 5.74) is 0.454. The minimum atomic E-state index is -0.736. The Balaban J connectivity index is 1.90. The minimum Gasteiger partial charge on any atom is -0.448 e. The highest BCUT2D eigenvalue weighted by Gasteiger charge is 2.39. The van der Waals surface area contributed by atoms with Crippen molar-refractivity contribution >= 4 is 17.8 Å². The summed E-state index contributed by atoms with van der Waals surface area (Å²) in [7, 11) is 0. The molecular formula is C21H30N2O4. The van der Waals surface area contributed by atoms with Gasteiger partial charge in [0.05, 0.1) is 6.61 Å². The lowest BCUT2D eigenvalue weighted by Crippen LogP contribution is -2.56. The average molecular weight is 374 g/mol. The van der Waals surface area contributed by atoms with Gasteiger partial charge in [0.1, 0.15) is 0 Å². The first kappa shape index (κ1) is 20.9. The van der Waals surface area contributed by atoms with Crippen molar-refractivity contribution in [3.8, 4) is 0 Å². The van der Waals surface area contributed by atoms with Crippen molar-refractivity contribution in [1.29, 1.82) is 0 Å². The van der Waals surface area contributed by atoms with Crippen molar-refractivity contribution in [2.24, 2.45) is 5.41 Å². The molecule has 0 radical (unpaired) electrons. The Labute approximate surface area is 161 Å². The maximum Gasteiger partial charge on any atom is 0.428 e. The van der Waals surface area contributed by atoms with E-state index in [1.54, 1.807) is 13.8 Å². The molecule has 0 N–H and O–H groups in total. The zero-order valence-electron chi connectivity index (χ0n) is 16.6. The molecule has 2 rings (SSSR count). The maximum absolute atomic E-state index is 12.7. The third-order valence-corrected chi connectivity index (χ3v) is 5.10. The number of amides is 2. The van der Waals surface area contributed by atoms with E-state index in [4.69, 9.17) is 4.74 Å². The highest BCUT2D eigenvalue weighted by atomic mass is 16.6. The SMILES string of the molecule is CCC(C)(C)C(=O)C(=O)N1CCCCN1C(=O)OCCCc1ccccc1. The van der Waals surface area contributed by atoms with Crippen LogP contribution in [0, 0.1) is 5.41 Å². The summed E-state index contributed by atoms with van der Waals surface area (Å²) in [5.74, 6) is -1.09. The highest BCUT2D eigenvalue weighted by Crippen LogP contribution is 2.24. The largest absolute Gasteiger partial charge is 0.448 e. The Morgan fingerprint density at radius 2 is 1.67 bits per heavy atom. The summed E-state index contributed by atoms with van der Waals surface area (Å²) in [6.07, 6.45) is 3.09. The van der Waals surface area contributed by atoms with Crippen molar-refractivity contribution in [2.45, 2.75) is 52.9 Å². The summed E-state index contributed by atoms with van der Waals surface area (Å²) in [5, 5.41) is 2.56. The fourth-order valence-electron chi connectivity index (χ4n) is 2.89. The second kappa shape index (κ2) is 9.53. The summed E-state index contributed by atoms with van der Waals surface area (Å²) in [6, 6.07) is 10.00. The van der Waals surface area contributed by atoms with Gasteiger partial charge in [-0.2, -0.15) is 0 Å². The molecule has 1 saturated heterocycles. The van der Waals surface area contributed by atoms with Crippen molar-refractivity contribution in [3.63, 3.8) is 0 Å². The van der Waals surface area contributed by atoms with Crippen LogP contribution >= 0.6 is 0 Å². The van der Waals surface area contributed by atoms with E-state index in [1.807, 2.05) is 37.3 Å². The van der Waals surface area contributed by atoms with Crippen LogP contribution in [0.2, 0.25) is 0 Å². The average Bonchev–Trinajstić information content (AvgIpc) is 2.70. The predicted octanol–water partition coefficient (Wildman–Crippen LogP) is 3.60. The van der Waals surface area contributed by atoms with Gasteiger partial charge in [0, 0.05) is 18.5 Å². The van der Waals surface area contributed by atoms with Gasteiger partial charge < -0.3 is 4.74 Å². The van der Waals surface area contributed by atoms with Gasteiger partial charge in [-0.25, -0.2) is 14.8 Å². The first-order valence-corrected chi connectivity index (χ1v) is 9.71. The van der Waals surface area contributed by atoms with Crippen LogP contribution in [-0.2, 0) is 20.7 Å². The molecular weight excluding hydrogens is 344 g/mol. The number of carbonyl (C=O) groups excluding carboxylic acids is 3. The third-order valence-electron chi connectivity index (χ3n) is 5.10. The second-order valence-electron chi connectivity index (χ2n) is 7.53. The van der Waals surface area contributed by atoms with Gasteiger partial charge in [-0.1, -0.05) is 51.1 Å². The molecule has 0 unspecified atom stereocenters. The topological polar surface area (TPSA) is 66.9 Å².